The molecule has 2 aliphatic heterocycles. The maximum absolute atomic E-state index is 11.8. The fourth-order valence-electron chi connectivity index (χ4n) is 2.87. The highest BCUT2D eigenvalue weighted by Gasteiger charge is 2.47. The number of hydrogen-bond donors (Lipinski definition) is 0. The van der Waals surface area contributed by atoms with E-state index in [9.17, 15) is 9.59 Å². The minimum atomic E-state index is 0.00125. The maximum Gasteiger partial charge on any atom is 0.230 e. The molecule has 3 rings (SSSR count). The second-order valence-electron chi connectivity index (χ2n) is 4.48. The summed E-state index contributed by atoms with van der Waals surface area (Å²) < 4.78 is 0. The molecule has 0 bridgehead atoms. The quantitative estimate of drug-likeness (QED) is 0.668. The Labute approximate surface area is 94.1 Å². The SMILES string of the molecule is O=C1CC[C@H]2[C@H](c3ccccc3)CC(=O)N12. The van der Waals surface area contributed by atoms with Crippen molar-refractivity contribution >= 4 is 11.8 Å². The van der Waals surface area contributed by atoms with Crippen LogP contribution in [0.1, 0.15) is 30.7 Å². The first-order valence-electron chi connectivity index (χ1n) is 5.67. The molecule has 2 atom stereocenters. The minimum Gasteiger partial charge on any atom is -0.279 e. The molecule has 2 amide bonds. The van der Waals surface area contributed by atoms with Crippen LogP contribution >= 0.6 is 0 Å². The topological polar surface area (TPSA) is 37.4 Å². The Kier molecular flexibility index (Phi) is 2.06. The van der Waals surface area contributed by atoms with Gasteiger partial charge in [-0.15, -0.1) is 0 Å². The molecule has 2 fully saturated rings. The molecule has 82 valence electrons. The third-order valence-electron chi connectivity index (χ3n) is 3.61. The molecular formula is C13H13NO2. The van der Waals surface area contributed by atoms with Crippen LogP contribution < -0.4 is 0 Å². The van der Waals surface area contributed by atoms with Crippen molar-refractivity contribution in [3.63, 3.8) is 0 Å². The van der Waals surface area contributed by atoms with Gasteiger partial charge in [0.25, 0.3) is 0 Å². The minimum absolute atomic E-state index is 0.00125. The number of fused-ring (bicyclic) bond motifs is 1. The van der Waals surface area contributed by atoms with E-state index in [1.165, 1.54) is 10.5 Å². The predicted molar refractivity (Wildman–Crippen MR) is 58.7 cm³/mol. The number of benzene rings is 1. The summed E-state index contributed by atoms with van der Waals surface area (Å²) in [5.41, 5.74) is 1.18. The van der Waals surface area contributed by atoms with E-state index in [0.29, 0.717) is 12.8 Å². The largest absolute Gasteiger partial charge is 0.279 e. The van der Waals surface area contributed by atoms with Crippen LogP contribution in [0.25, 0.3) is 0 Å². The number of amides is 2. The lowest BCUT2D eigenvalue weighted by Gasteiger charge is -2.18. The Hall–Kier alpha value is -1.64. The van der Waals surface area contributed by atoms with Gasteiger partial charge in [0.15, 0.2) is 0 Å². The molecule has 1 aromatic rings. The highest BCUT2D eigenvalue weighted by molar-refractivity contribution is 5.99. The summed E-state index contributed by atoms with van der Waals surface area (Å²) in [5, 5.41) is 0. The van der Waals surface area contributed by atoms with Gasteiger partial charge in [0.05, 0.1) is 0 Å². The highest BCUT2D eigenvalue weighted by atomic mass is 16.2. The van der Waals surface area contributed by atoms with Crippen molar-refractivity contribution in [1.29, 1.82) is 0 Å². The van der Waals surface area contributed by atoms with Gasteiger partial charge in [-0.1, -0.05) is 30.3 Å². The third kappa shape index (κ3) is 1.28. The van der Waals surface area contributed by atoms with Crippen molar-refractivity contribution in [2.45, 2.75) is 31.2 Å². The van der Waals surface area contributed by atoms with E-state index in [4.69, 9.17) is 0 Å². The molecule has 2 aliphatic rings. The van der Waals surface area contributed by atoms with E-state index in [1.54, 1.807) is 0 Å². The van der Waals surface area contributed by atoms with Crippen molar-refractivity contribution in [2.24, 2.45) is 0 Å². The number of carbonyl (C=O) groups is 2. The van der Waals surface area contributed by atoms with Crippen LogP contribution in [0, 0.1) is 0 Å². The molecule has 0 aromatic heterocycles. The fourth-order valence-corrected chi connectivity index (χ4v) is 2.87. The molecule has 3 heteroatoms. The number of carbonyl (C=O) groups excluding carboxylic acids is 2. The van der Waals surface area contributed by atoms with Gasteiger partial charge in [0, 0.05) is 24.8 Å². The van der Waals surface area contributed by atoms with E-state index in [-0.39, 0.29) is 23.8 Å². The zero-order valence-electron chi connectivity index (χ0n) is 8.93. The molecule has 2 saturated heterocycles. The summed E-state index contributed by atoms with van der Waals surface area (Å²) in [5.74, 6) is 0.218. The Morgan fingerprint density at radius 3 is 2.56 bits per heavy atom. The fraction of sp³-hybridized carbons (Fsp3) is 0.385. The zero-order chi connectivity index (χ0) is 11.1. The first-order chi connectivity index (χ1) is 7.77. The molecule has 1 aromatic carbocycles. The first-order valence-corrected chi connectivity index (χ1v) is 5.67. The third-order valence-corrected chi connectivity index (χ3v) is 3.61. The van der Waals surface area contributed by atoms with Crippen molar-refractivity contribution in [3.05, 3.63) is 35.9 Å². The van der Waals surface area contributed by atoms with Gasteiger partial charge in [0.1, 0.15) is 0 Å². The molecule has 0 saturated carbocycles. The van der Waals surface area contributed by atoms with Gasteiger partial charge in [-0.25, -0.2) is 0 Å². The number of rotatable bonds is 1. The van der Waals surface area contributed by atoms with Crippen LogP contribution in [0.4, 0.5) is 0 Å². The molecule has 0 unspecified atom stereocenters. The molecule has 3 nitrogen and oxygen atoms in total. The molecule has 0 aliphatic carbocycles. The lowest BCUT2D eigenvalue weighted by atomic mass is 9.90. The molecule has 0 N–H and O–H groups in total. The summed E-state index contributed by atoms with van der Waals surface area (Å²) >= 11 is 0. The molecule has 2 heterocycles. The Morgan fingerprint density at radius 1 is 1.06 bits per heavy atom. The zero-order valence-corrected chi connectivity index (χ0v) is 8.93. The van der Waals surface area contributed by atoms with E-state index in [1.807, 2.05) is 30.3 Å². The van der Waals surface area contributed by atoms with Gasteiger partial charge in [-0.2, -0.15) is 0 Å². The Balaban J connectivity index is 1.95. The van der Waals surface area contributed by atoms with Crippen LogP contribution in [0.5, 0.6) is 0 Å². The molecular weight excluding hydrogens is 202 g/mol. The van der Waals surface area contributed by atoms with Gasteiger partial charge < -0.3 is 0 Å². The van der Waals surface area contributed by atoms with Crippen LogP contribution in [0.2, 0.25) is 0 Å². The predicted octanol–water partition coefficient (Wildman–Crippen LogP) is 1.69. The highest BCUT2D eigenvalue weighted by Crippen LogP contribution is 2.40. The van der Waals surface area contributed by atoms with E-state index < -0.39 is 0 Å². The van der Waals surface area contributed by atoms with Crippen molar-refractivity contribution in [3.8, 4) is 0 Å². The van der Waals surface area contributed by atoms with E-state index in [0.717, 1.165) is 6.42 Å². The van der Waals surface area contributed by atoms with Gasteiger partial charge in [-0.3, -0.25) is 14.5 Å². The van der Waals surface area contributed by atoms with Crippen molar-refractivity contribution in [2.75, 3.05) is 0 Å². The van der Waals surface area contributed by atoms with Crippen LogP contribution in [-0.2, 0) is 9.59 Å². The monoisotopic (exact) mass is 215 g/mol. The first kappa shape index (κ1) is 9.58. The Morgan fingerprint density at radius 2 is 1.81 bits per heavy atom. The van der Waals surface area contributed by atoms with Gasteiger partial charge >= 0.3 is 0 Å². The van der Waals surface area contributed by atoms with Crippen LogP contribution in [-0.4, -0.2) is 22.8 Å². The molecule has 0 spiro atoms. The summed E-state index contributed by atoms with van der Waals surface area (Å²) in [4.78, 5) is 24.8. The standard InChI is InChI=1S/C13H13NO2/c15-12-7-6-11-10(8-13(16)14(11)12)9-4-2-1-3-5-9/h1-5,10-11H,6-8H2/t10-,11-/m0/s1. The molecule has 0 radical (unpaired) electrons. The summed E-state index contributed by atoms with van der Waals surface area (Å²) in [7, 11) is 0. The lowest BCUT2D eigenvalue weighted by molar-refractivity contribution is -0.140. The average Bonchev–Trinajstić information content (AvgIpc) is 2.83. The van der Waals surface area contributed by atoms with Crippen LogP contribution in [0.15, 0.2) is 30.3 Å². The van der Waals surface area contributed by atoms with Crippen LogP contribution in [0.3, 0.4) is 0 Å². The van der Waals surface area contributed by atoms with Crippen molar-refractivity contribution < 1.29 is 9.59 Å². The normalized spacial score (nSPS) is 28.6. The number of hydrogen-bond acceptors (Lipinski definition) is 2. The van der Waals surface area contributed by atoms with E-state index >= 15 is 0 Å². The summed E-state index contributed by atoms with van der Waals surface area (Å²) in [6.07, 6.45) is 1.84. The van der Waals surface area contributed by atoms with Crippen molar-refractivity contribution in [1.82, 2.24) is 4.90 Å². The summed E-state index contributed by atoms with van der Waals surface area (Å²) in [6.45, 7) is 0. The van der Waals surface area contributed by atoms with Gasteiger partial charge in [0.2, 0.25) is 11.8 Å². The number of nitrogens with zero attached hydrogens (tertiary/aromatic N) is 1. The lowest BCUT2D eigenvalue weighted by Crippen LogP contribution is -2.32. The Bertz CT molecular complexity index is 441. The van der Waals surface area contributed by atoms with E-state index in [2.05, 4.69) is 0 Å². The second-order valence-corrected chi connectivity index (χ2v) is 4.48. The second kappa shape index (κ2) is 3.44. The summed E-state index contributed by atoms with van der Waals surface area (Å²) in [6, 6.07) is 10.1. The maximum atomic E-state index is 11.8. The molecule has 16 heavy (non-hydrogen) atoms. The van der Waals surface area contributed by atoms with Gasteiger partial charge in [-0.05, 0) is 12.0 Å². The number of imide groups is 1. The average molecular weight is 215 g/mol. The smallest absolute Gasteiger partial charge is 0.230 e.